The molecule has 1 aliphatic rings. The third-order valence-corrected chi connectivity index (χ3v) is 6.14. The first-order valence-electron chi connectivity index (χ1n) is 8.85. The van der Waals surface area contributed by atoms with Crippen LogP contribution in [-0.2, 0) is 16.6 Å². The maximum Gasteiger partial charge on any atom is 0.251 e. The Labute approximate surface area is 153 Å². The maximum atomic E-state index is 12.6. The molecule has 0 radical (unpaired) electrons. The second-order valence-corrected chi connectivity index (χ2v) is 8.42. The smallest absolute Gasteiger partial charge is 0.251 e. The van der Waals surface area contributed by atoms with Gasteiger partial charge in [0.2, 0.25) is 10.0 Å². The van der Waals surface area contributed by atoms with Gasteiger partial charge in [-0.05, 0) is 56.9 Å². The number of nitrogens with one attached hydrogen (secondary N) is 2. The van der Waals surface area contributed by atoms with Crippen LogP contribution in [0.2, 0.25) is 0 Å². The van der Waals surface area contributed by atoms with Crippen molar-refractivity contribution in [3.63, 3.8) is 0 Å². The molecule has 1 aliphatic carbocycles. The van der Waals surface area contributed by atoms with Gasteiger partial charge in [-0.25, -0.2) is 13.1 Å². The molecule has 1 heterocycles. The Balaban J connectivity index is 1.62. The third kappa shape index (κ3) is 4.70. The molecule has 1 fully saturated rings. The van der Waals surface area contributed by atoms with Crippen LogP contribution in [0.3, 0.4) is 0 Å². The minimum atomic E-state index is -3.69. The van der Waals surface area contributed by atoms with Gasteiger partial charge < -0.3 is 5.32 Å². The summed E-state index contributed by atoms with van der Waals surface area (Å²) in [5, 5.41) is 7.03. The van der Waals surface area contributed by atoms with Crippen molar-refractivity contribution in [2.75, 3.05) is 0 Å². The quantitative estimate of drug-likeness (QED) is 0.736. The molecule has 7 nitrogen and oxygen atoms in total. The van der Waals surface area contributed by atoms with Gasteiger partial charge >= 0.3 is 0 Å². The molecule has 0 unspecified atom stereocenters. The van der Waals surface area contributed by atoms with E-state index in [2.05, 4.69) is 15.1 Å². The van der Waals surface area contributed by atoms with E-state index in [4.69, 9.17) is 0 Å². The third-order valence-electron chi connectivity index (χ3n) is 4.55. The number of carbonyl (C=O) groups excluding carboxylic acids is 1. The summed E-state index contributed by atoms with van der Waals surface area (Å²) < 4.78 is 29.6. The summed E-state index contributed by atoms with van der Waals surface area (Å²) in [6.45, 7) is 2.44. The number of carbonyl (C=O) groups is 1. The van der Waals surface area contributed by atoms with Crippen LogP contribution >= 0.6 is 0 Å². The summed E-state index contributed by atoms with van der Waals surface area (Å²) in [4.78, 5) is 12.3. The number of hydrogen-bond acceptors (Lipinski definition) is 4. The van der Waals surface area contributed by atoms with E-state index in [0.29, 0.717) is 18.5 Å². The van der Waals surface area contributed by atoms with E-state index in [1.165, 1.54) is 12.1 Å². The first-order chi connectivity index (χ1) is 12.4. The van der Waals surface area contributed by atoms with Crippen LogP contribution in [0, 0.1) is 0 Å². The molecule has 8 heteroatoms. The van der Waals surface area contributed by atoms with Crippen LogP contribution in [0.25, 0.3) is 0 Å². The minimum absolute atomic E-state index is 0.102. The Morgan fingerprint density at radius 1 is 1.35 bits per heavy atom. The van der Waals surface area contributed by atoms with Crippen LogP contribution in [0.4, 0.5) is 0 Å². The van der Waals surface area contributed by atoms with Gasteiger partial charge in [0.25, 0.3) is 5.91 Å². The number of hydrogen-bond donors (Lipinski definition) is 2. The van der Waals surface area contributed by atoms with E-state index < -0.39 is 10.0 Å². The average molecular weight is 376 g/mol. The van der Waals surface area contributed by atoms with Gasteiger partial charge in [0, 0.05) is 36.6 Å². The van der Waals surface area contributed by atoms with E-state index in [-0.39, 0.29) is 22.9 Å². The van der Waals surface area contributed by atoms with Gasteiger partial charge in [0.05, 0.1) is 4.90 Å². The van der Waals surface area contributed by atoms with Crippen LogP contribution in [0.1, 0.15) is 43.0 Å². The zero-order valence-electron chi connectivity index (χ0n) is 14.8. The predicted octanol–water partition coefficient (Wildman–Crippen LogP) is 1.92. The molecule has 1 amide bonds. The fourth-order valence-corrected chi connectivity index (χ4v) is 4.10. The molecule has 2 aromatic rings. The van der Waals surface area contributed by atoms with E-state index in [1.807, 2.05) is 19.2 Å². The molecule has 1 aromatic heterocycles. The first kappa shape index (κ1) is 18.6. The van der Waals surface area contributed by atoms with Gasteiger partial charge in [-0.3, -0.25) is 9.48 Å². The van der Waals surface area contributed by atoms with Crippen molar-refractivity contribution in [3.05, 3.63) is 48.3 Å². The fraction of sp³-hybridized carbons (Fsp3) is 0.444. The molecule has 1 atom stereocenters. The van der Waals surface area contributed by atoms with Gasteiger partial charge in [-0.1, -0.05) is 6.07 Å². The van der Waals surface area contributed by atoms with E-state index >= 15 is 0 Å². The summed E-state index contributed by atoms with van der Waals surface area (Å²) in [7, 11) is -3.69. The van der Waals surface area contributed by atoms with Crippen LogP contribution in [-0.4, -0.2) is 36.2 Å². The topological polar surface area (TPSA) is 93.1 Å². The molecule has 2 N–H and O–H groups in total. The lowest BCUT2D eigenvalue weighted by Gasteiger charge is -2.26. The molecule has 0 saturated heterocycles. The number of nitrogens with zero attached hydrogens (tertiary/aromatic N) is 2. The molecule has 0 bridgehead atoms. The van der Waals surface area contributed by atoms with Crippen LogP contribution in [0.5, 0.6) is 0 Å². The Morgan fingerprint density at radius 2 is 2.15 bits per heavy atom. The highest BCUT2D eigenvalue weighted by atomic mass is 32.2. The highest BCUT2D eigenvalue weighted by Crippen LogP contribution is 2.19. The summed E-state index contributed by atoms with van der Waals surface area (Å²) >= 11 is 0. The summed E-state index contributed by atoms with van der Waals surface area (Å²) in [6.07, 6.45) is 7.24. The minimum Gasteiger partial charge on any atom is -0.349 e. The van der Waals surface area contributed by atoms with Crippen molar-refractivity contribution >= 4 is 15.9 Å². The van der Waals surface area contributed by atoms with E-state index in [9.17, 15) is 13.2 Å². The molecule has 1 saturated carbocycles. The molecule has 0 spiro atoms. The van der Waals surface area contributed by atoms with Gasteiger partial charge in [0.1, 0.15) is 0 Å². The summed E-state index contributed by atoms with van der Waals surface area (Å²) in [5.41, 5.74) is 0.365. The standard InChI is InChI=1S/C18H24N4O3S/c1-14(9-12-22-11-4-10-19-22)21-26(24,25)17-8-2-5-15(13-17)18(23)20-16-6-3-7-16/h2,4-5,8,10-11,13-14,16,21H,3,6-7,9,12H2,1H3,(H,20,23)/t14-/m1/s1. The molecule has 1 aromatic carbocycles. The van der Waals surface area contributed by atoms with Crippen molar-refractivity contribution in [1.29, 1.82) is 0 Å². The van der Waals surface area contributed by atoms with Crippen molar-refractivity contribution in [1.82, 2.24) is 19.8 Å². The molecule has 26 heavy (non-hydrogen) atoms. The normalized spacial score (nSPS) is 16.0. The maximum absolute atomic E-state index is 12.6. The Bertz CT molecular complexity index is 845. The largest absolute Gasteiger partial charge is 0.349 e. The van der Waals surface area contributed by atoms with Crippen LogP contribution in [0.15, 0.2) is 47.6 Å². The van der Waals surface area contributed by atoms with E-state index in [0.717, 1.165) is 19.3 Å². The second-order valence-electron chi connectivity index (χ2n) is 6.71. The summed E-state index contributed by atoms with van der Waals surface area (Å²) in [5.74, 6) is -0.224. The average Bonchev–Trinajstić information content (AvgIpc) is 3.09. The lowest BCUT2D eigenvalue weighted by molar-refractivity contribution is 0.0916. The highest BCUT2D eigenvalue weighted by molar-refractivity contribution is 7.89. The monoisotopic (exact) mass is 376 g/mol. The Morgan fingerprint density at radius 3 is 2.81 bits per heavy atom. The van der Waals surface area contributed by atoms with Crippen molar-refractivity contribution in [2.45, 2.75) is 56.1 Å². The van der Waals surface area contributed by atoms with E-state index in [1.54, 1.807) is 23.0 Å². The number of aryl methyl sites for hydroxylation is 1. The predicted molar refractivity (Wildman–Crippen MR) is 98.2 cm³/mol. The SMILES string of the molecule is C[C@H](CCn1cccn1)NS(=O)(=O)c1cccc(C(=O)NC2CCC2)c1. The van der Waals surface area contributed by atoms with Gasteiger partial charge in [-0.2, -0.15) is 5.10 Å². The molecule has 0 aliphatic heterocycles. The fourth-order valence-electron chi connectivity index (χ4n) is 2.78. The number of rotatable bonds is 8. The Hall–Kier alpha value is -2.19. The lowest BCUT2D eigenvalue weighted by atomic mass is 9.93. The molecule has 140 valence electrons. The van der Waals surface area contributed by atoms with Gasteiger partial charge in [0.15, 0.2) is 0 Å². The van der Waals surface area contributed by atoms with Crippen molar-refractivity contribution < 1.29 is 13.2 Å². The molecule has 3 rings (SSSR count). The van der Waals surface area contributed by atoms with Crippen molar-refractivity contribution in [2.24, 2.45) is 0 Å². The zero-order valence-corrected chi connectivity index (χ0v) is 15.6. The zero-order chi connectivity index (χ0) is 18.6. The second kappa shape index (κ2) is 8.01. The molecular weight excluding hydrogens is 352 g/mol. The van der Waals surface area contributed by atoms with Crippen LogP contribution < -0.4 is 10.0 Å². The number of sulfonamides is 1. The Kier molecular flexibility index (Phi) is 5.73. The number of benzene rings is 1. The lowest BCUT2D eigenvalue weighted by Crippen LogP contribution is -2.39. The van der Waals surface area contributed by atoms with Gasteiger partial charge in [-0.15, -0.1) is 0 Å². The number of aromatic nitrogens is 2. The molecular formula is C18H24N4O3S. The highest BCUT2D eigenvalue weighted by Gasteiger charge is 2.22. The number of amides is 1. The van der Waals surface area contributed by atoms with Crippen molar-refractivity contribution in [3.8, 4) is 0 Å². The summed E-state index contributed by atoms with van der Waals surface area (Å²) in [6, 6.07) is 7.95. The first-order valence-corrected chi connectivity index (χ1v) is 10.3.